The number of benzene rings is 1. The second-order valence-electron chi connectivity index (χ2n) is 3.51. The molecule has 2 atom stereocenters. The van der Waals surface area contributed by atoms with E-state index in [2.05, 4.69) is 5.32 Å². The van der Waals surface area contributed by atoms with Gasteiger partial charge in [-0.2, -0.15) is 0 Å². The maximum Gasteiger partial charge on any atom is 0.262 e. The van der Waals surface area contributed by atoms with E-state index in [1.165, 1.54) is 0 Å². The molecule has 1 aromatic rings. The molecule has 0 heterocycles. The molecule has 88 valence electrons. The fourth-order valence-corrected chi connectivity index (χ4v) is 1.39. The summed E-state index contributed by atoms with van der Waals surface area (Å²) in [4.78, 5) is 10.8. The Morgan fingerprint density at radius 1 is 1.31 bits per heavy atom. The fraction of sp³-hybridized carbons (Fsp3) is 0.364. The van der Waals surface area contributed by atoms with Crippen LogP contribution in [0, 0.1) is 0 Å². The molecule has 16 heavy (non-hydrogen) atoms. The van der Waals surface area contributed by atoms with Gasteiger partial charge in [-0.1, -0.05) is 30.3 Å². The number of amides is 1. The van der Waals surface area contributed by atoms with Gasteiger partial charge in [-0.3, -0.25) is 10.1 Å². The predicted octanol–water partition coefficient (Wildman–Crippen LogP) is 1.46. The first-order chi connectivity index (χ1) is 7.52. The monoisotopic (exact) mass is 228 g/mol. The molecule has 1 amide bonds. The first-order valence-corrected chi connectivity index (χ1v) is 4.91. The largest absolute Gasteiger partial charge is 0.368 e. The summed E-state index contributed by atoms with van der Waals surface area (Å²) in [7, 11) is 0. The quantitative estimate of drug-likeness (QED) is 0.801. The van der Waals surface area contributed by atoms with Crippen LogP contribution < -0.4 is 11.1 Å². The van der Waals surface area contributed by atoms with Crippen LogP contribution >= 0.6 is 0 Å². The van der Waals surface area contributed by atoms with Gasteiger partial charge < -0.3 is 5.73 Å². The summed E-state index contributed by atoms with van der Waals surface area (Å²) in [5, 5.41) is 2.51. The molecule has 0 saturated heterocycles. The van der Waals surface area contributed by atoms with E-state index in [0.717, 1.165) is 5.56 Å². The number of alkyl halides is 2. The van der Waals surface area contributed by atoms with Gasteiger partial charge in [-0.15, -0.1) is 0 Å². The first kappa shape index (κ1) is 12.6. The third-order valence-electron chi connectivity index (χ3n) is 2.29. The molecule has 0 radical (unpaired) electrons. The van der Waals surface area contributed by atoms with Crippen molar-refractivity contribution in [3.05, 3.63) is 35.9 Å². The number of hydrogen-bond donors (Lipinski definition) is 2. The molecule has 0 fully saturated rings. The first-order valence-electron chi connectivity index (χ1n) is 4.91. The van der Waals surface area contributed by atoms with Crippen molar-refractivity contribution in [2.75, 3.05) is 0 Å². The van der Waals surface area contributed by atoms with Crippen LogP contribution in [0.15, 0.2) is 30.3 Å². The average molecular weight is 228 g/mol. The number of hydrogen-bond acceptors (Lipinski definition) is 2. The van der Waals surface area contributed by atoms with E-state index in [4.69, 9.17) is 5.73 Å². The van der Waals surface area contributed by atoms with Crippen LogP contribution in [0.4, 0.5) is 8.78 Å². The van der Waals surface area contributed by atoms with E-state index in [0.29, 0.717) is 0 Å². The Hall–Kier alpha value is -1.49. The van der Waals surface area contributed by atoms with E-state index >= 15 is 0 Å². The van der Waals surface area contributed by atoms with Crippen molar-refractivity contribution in [1.29, 1.82) is 0 Å². The van der Waals surface area contributed by atoms with Crippen LogP contribution in [0.2, 0.25) is 0 Å². The standard InChI is InChI=1S/C11H14F2N2O/c1-7(8-5-3-2-4-6-8)15-9(10(12)13)11(14)16/h2-7,9-10,15H,1H3,(H2,14,16)/t7-,9+/m1/s1. The number of carbonyl (C=O) groups excluding carboxylic acids is 1. The molecule has 0 spiro atoms. The van der Waals surface area contributed by atoms with Gasteiger partial charge in [0.1, 0.15) is 6.04 Å². The summed E-state index contributed by atoms with van der Waals surface area (Å²) in [6.45, 7) is 1.70. The topological polar surface area (TPSA) is 55.1 Å². The van der Waals surface area contributed by atoms with E-state index in [1.807, 2.05) is 6.07 Å². The number of halogens is 2. The van der Waals surface area contributed by atoms with Gasteiger partial charge in [0.25, 0.3) is 6.43 Å². The van der Waals surface area contributed by atoms with Gasteiger partial charge in [0.2, 0.25) is 5.91 Å². The van der Waals surface area contributed by atoms with Crippen molar-refractivity contribution in [2.45, 2.75) is 25.4 Å². The van der Waals surface area contributed by atoms with Crippen LogP contribution in [-0.2, 0) is 4.79 Å². The van der Waals surface area contributed by atoms with Crippen molar-refractivity contribution >= 4 is 5.91 Å². The molecule has 0 unspecified atom stereocenters. The highest BCUT2D eigenvalue weighted by Crippen LogP contribution is 2.13. The van der Waals surface area contributed by atoms with Crippen LogP contribution in [0.3, 0.4) is 0 Å². The van der Waals surface area contributed by atoms with Crippen molar-refractivity contribution < 1.29 is 13.6 Å². The van der Waals surface area contributed by atoms with Crippen molar-refractivity contribution in [3.8, 4) is 0 Å². The van der Waals surface area contributed by atoms with Crippen LogP contribution in [0.25, 0.3) is 0 Å². The molecule has 3 N–H and O–H groups in total. The summed E-state index contributed by atoms with van der Waals surface area (Å²) < 4.78 is 24.9. The lowest BCUT2D eigenvalue weighted by Gasteiger charge is -2.20. The lowest BCUT2D eigenvalue weighted by atomic mass is 10.1. The zero-order chi connectivity index (χ0) is 12.1. The second-order valence-corrected chi connectivity index (χ2v) is 3.51. The molecular formula is C11H14F2N2O. The number of nitrogens with two attached hydrogens (primary N) is 1. The van der Waals surface area contributed by atoms with E-state index in [9.17, 15) is 13.6 Å². The molecule has 0 bridgehead atoms. The number of nitrogens with one attached hydrogen (secondary N) is 1. The molecule has 3 nitrogen and oxygen atoms in total. The summed E-state index contributed by atoms with van der Waals surface area (Å²) in [6.07, 6.45) is -2.80. The fourth-order valence-electron chi connectivity index (χ4n) is 1.39. The normalized spacial score (nSPS) is 14.8. The summed E-state index contributed by atoms with van der Waals surface area (Å²) >= 11 is 0. The minimum absolute atomic E-state index is 0.354. The molecule has 0 aliphatic carbocycles. The van der Waals surface area contributed by atoms with E-state index in [1.54, 1.807) is 31.2 Å². The zero-order valence-corrected chi connectivity index (χ0v) is 8.86. The molecule has 1 aromatic carbocycles. The number of primary amides is 1. The van der Waals surface area contributed by atoms with E-state index in [-0.39, 0.29) is 6.04 Å². The predicted molar refractivity (Wildman–Crippen MR) is 57.0 cm³/mol. The summed E-state index contributed by atoms with van der Waals surface area (Å²) in [6, 6.07) is 7.05. The SMILES string of the molecule is C[C@@H](N[C@H](C(N)=O)C(F)F)c1ccccc1. The molecular weight excluding hydrogens is 214 g/mol. The van der Waals surface area contributed by atoms with Crippen LogP contribution in [0.1, 0.15) is 18.5 Å². The molecule has 0 saturated carbocycles. The smallest absolute Gasteiger partial charge is 0.262 e. The number of rotatable bonds is 5. The molecule has 5 heteroatoms. The lowest BCUT2D eigenvalue weighted by molar-refractivity contribution is -0.123. The zero-order valence-electron chi connectivity index (χ0n) is 8.86. The highest BCUT2D eigenvalue weighted by atomic mass is 19.3. The van der Waals surface area contributed by atoms with Crippen LogP contribution in [0.5, 0.6) is 0 Å². The average Bonchev–Trinajstić information content (AvgIpc) is 2.25. The minimum Gasteiger partial charge on any atom is -0.368 e. The number of carbonyl (C=O) groups is 1. The molecule has 1 rings (SSSR count). The van der Waals surface area contributed by atoms with Gasteiger partial charge in [-0.25, -0.2) is 8.78 Å². The van der Waals surface area contributed by atoms with Crippen molar-refractivity contribution in [2.24, 2.45) is 5.73 Å². The maximum atomic E-state index is 12.5. The third-order valence-corrected chi connectivity index (χ3v) is 2.29. The van der Waals surface area contributed by atoms with Crippen molar-refractivity contribution in [1.82, 2.24) is 5.32 Å². The Kier molecular flexibility index (Phi) is 4.37. The third kappa shape index (κ3) is 3.27. The Labute approximate surface area is 92.6 Å². The highest BCUT2D eigenvalue weighted by molar-refractivity contribution is 5.80. The summed E-state index contributed by atoms with van der Waals surface area (Å²) in [5.41, 5.74) is 5.71. The van der Waals surface area contributed by atoms with Gasteiger partial charge in [0.15, 0.2) is 0 Å². The van der Waals surface area contributed by atoms with E-state index < -0.39 is 18.4 Å². The van der Waals surface area contributed by atoms with Crippen molar-refractivity contribution in [3.63, 3.8) is 0 Å². The molecule has 0 aliphatic heterocycles. The Balaban J connectivity index is 2.69. The Morgan fingerprint density at radius 2 is 1.88 bits per heavy atom. The van der Waals surface area contributed by atoms with Gasteiger partial charge >= 0.3 is 0 Å². The van der Waals surface area contributed by atoms with Gasteiger partial charge in [-0.05, 0) is 12.5 Å². The summed E-state index contributed by atoms with van der Waals surface area (Å²) in [5.74, 6) is -1.04. The molecule has 0 aromatic heterocycles. The highest BCUT2D eigenvalue weighted by Gasteiger charge is 2.27. The maximum absolute atomic E-state index is 12.5. The lowest BCUT2D eigenvalue weighted by Crippen LogP contribution is -2.47. The van der Waals surface area contributed by atoms with Gasteiger partial charge in [0.05, 0.1) is 0 Å². The van der Waals surface area contributed by atoms with Gasteiger partial charge in [0, 0.05) is 6.04 Å². The van der Waals surface area contributed by atoms with Crippen LogP contribution in [-0.4, -0.2) is 18.4 Å². The Bertz CT molecular complexity index is 343. The Morgan fingerprint density at radius 3 is 2.31 bits per heavy atom. The second kappa shape index (κ2) is 5.55. The molecule has 0 aliphatic rings. The minimum atomic E-state index is -2.80.